The Kier molecular flexibility index (Phi) is 4.44. The minimum Gasteiger partial charge on any atom is -0.245 e. The SMILES string of the molecule is CCCC1=C(c2ccccc2)[N+](C(=O)n2ccnc2)(C(C)C)C=N1. The van der Waals surface area contributed by atoms with Crippen molar-refractivity contribution in [2.45, 2.75) is 39.7 Å². The van der Waals surface area contributed by atoms with Crippen molar-refractivity contribution < 1.29 is 9.28 Å². The molecule has 1 unspecified atom stereocenters. The Morgan fingerprint density at radius 1 is 1.25 bits per heavy atom. The van der Waals surface area contributed by atoms with Gasteiger partial charge in [-0.05, 0) is 32.4 Å². The first kappa shape index (κ1) is 16.3. The van der Waals surface area contributed by atoms with Crippen LogP contribution in [0.5, 0.6) is 0 Å². The summed E-state index contributed by atoms with van der Waals surface area (Å²) in [5, 5.41) is 0. The lowest BCUT2D eigenvalue weighted by Crippen LogP contribution is -2.55. The van der Waals surface area contributed by atoms with Crippen molar-refractivity contribution >= 4 is 18.1 Å². The van der Waals surface area contributed by atoms with Gasteiger partial charge < -0.3 is 0 Å². The number of carbonyl (C=O) groups excluding carboxylic acids is 1. The number of amides is 1. The molecule has 2 aromatic rings. The van der Waals surface area contributed by atoms with E-state index in [9.17, 15) is 4.79 Å². The van der Waals surface area contributed by atoms with E-state index >= 15 is 0 Å². The minimum atomic E-state index is -0.0591. The molecule has 1 aromatic heterocycles. The molecule has 0 N–H and O–H groups in total. The second-order valence-electron chi connectivity index (χ2n) is 6.28. The largest absolute Gasteiger partial charge is 0.439 e. The number of carbonyl (C=O) groups is 1. The molecular formula is C19H23N4O+. The third-order valence-corrected chi connectivity index (χ3v) is 4.43. The highest BCUT2D eigenvalue weighted by Gasteiger charge is 2.49. The van der Waals surface area contributed by atoms with Gasteiger partial charge in [0.1, 0.15) is 18.1 Å². The summed E-state index contributed by atoms with van der Waals surface area (Å²) < 4.78 is 1.62. The van der Waals surface area contributed by atoms with Crippen LogP contribution >= 0.6 is 0 Å². The monoisotopic (exact) mass is 323 g/mol. The molecule has 0 saturated heterocycles. The van der Waals surface area contributed by atoms with Crippen LogP contribution in [0.25, 0.3) is 5.70 Å². The van der Waals surface area contributed by atoms with Gasteiger partial charge in [-0.25, -0.2) is 19.3 Å². The number of benzene rings is 1. The molecular weight excluding hydrogens is 300 g/mol. The molecule has 24 heavy (non-hydrogen) atoms. The van der Waals surface area contributed by atoms with Gasteiger partial charge in [-0.15, -0.1) is 0 Å². The quantitative estimate of drug-likeness (QED) is 0.788. The van der Waals surface area contributed by atoms with E-state index in [1.807, 2.05) is 18.2 Å². The minimum absolute atomic E-state index is 0.0215. The predicted octanol–water partition coefficient (Wildman–Crippen LogP) is 4.29. The van der Waals surface area contributed by atoms with Crippen LogP contribution in [0.1, 0.15) is 39.2 Å². The molecule has 0 aliphatic carbocycles. The fourth-order valence-corrected chi connectivity index (χ4v) is 3.21. The molecule has 1 aromatic carbocycles. The van der Waals surface area contributed by atoms with E-state index in [-0.39, 0.29) is 16.6 Å². The Morgan fingerprint density at radius 2 is 2.00 bits per heavy atom. The summed E-state index contributed by atoms with van der Waals surface area (Å²) in [6, 6.07) is 10.1. The average molecular weight is 323 g/mol. The number of hydrogen-bond acceptors (Lipinski definition) is 3. The van der Waals surface area contributed by atoms with Gasteiger partial charge in [0.2, 0.25) is 6.34 Å². The van der Waals surface area contributed by atoms with Gasteiger partial charge >= 0.3 is 6.03 Å². The van der Waals surface area contributed by atoms with Crippen LogP contribution in [0.15, 0.2) is 59.7 Å². The van der Waals surface area contributed by atoms with Crippen LogP contribution < -0.4 is 0 Å². The number of quaternary nitrogens is 1. The fourth-order valence-electron chi connectivity index (χ4n) is 3.21. The van der Waals surface area contributed by atoms with Crippen LogP contribution in [-0.2, 0) is 0 Å². The first-order valence-electron chi connectivity index (χ1n) is 8.37. The van der Waals surface area contributed by atoms with Crippen LogP contribution in [0.4, 0.5) is 4.79 Å². The van der Waals surface area contributed by atoms with E-state index < -0.39 is 0 Å². The first-order chi connectivity index (χ1) is 11.6. The third-order valence-electron chi connectivity index (χ3n) is 4.43. The second-order valence-corrected chi connectivity index (χ2v) is 6.28. The van der Waals surface area contributed by atoms with Crippen LogP contribution in [-0.4, -0.2) is 32.4 Å². The zero-order valence-electron chi connectivity index (χ0n) is 14.4. The van der Waals surface area contributed by atoms with Crippen LogP contribution in [0, 0.1) is 0 Å². The van der Waals surface area contributed by atoms with E-state index in [0.29, 0.717) is 0 Å². The maximum Gasteiger partial charge on any atom is 0.439 e. The summed E-state index contributed by atoms with van der Waals surface area (Å²) in [5.41, 5.74) is 3.01. The van der Waals surface area contributed by atoms with Crippen molar-refractivity contribution in [3.05, 3.63) is 60.3 Å². The Bertz CT molecular complexity index is 775. The Morgan fingerprint density at radius 3 is 2.58 bits per heavy atom. The molecule has 0 radical (unpaired) electrons. The van der Waals surface area contributed by atoms with Crippen molar-refractivity contribution in [2.24, 2.45) is 4.99 Å². The van der Waals surface area contributed by atoms with Crippen molar-refractivity contribution in [3.63, 3.8) is 0 Å². The summed E-state index contributed by atoms with van der Waals surface area (Å²) in [6.45, 7) is 6.24. The van der Waals surface area contributed by atoms with Gasteiger partial charge in [0.05, 0.1) is 0 Å². The maximum absolute atomic E-state index is 13.4. The summed E-state index contributed by atoms with van der Waals surface area (Å²) >= 11 is 0. The lowest BCUT2D eigenvalue weighted by molar-refractivity contribution is -0.696. The number of nitrogens with zero attached hydrogens (tertiary/aromatic N) is 4. The van der Waals surface area contributed by atoms with Gasteiger partial charge in [0, 0.05) is 18.0 Å². The summed E-state index contributed by atoms with van der Waals surface area (Å²) in [7, 11) is 0. The molecule has 1 aliphatic rings. The molecule has 0 spiro atoms. The summed E-state index contributed by atoms with van der Waals surface area (Å²) in [5.74, 6) is 0. The molecule has 0 bridgehead atoms. The zero-order valence-corrected chi connectivity index (χ0v) is 14.4. The molecule has 0 fully saturated rings. The van der Waals surface area contributed by atoms with Crippen molar-refractivity contribution in [1.82, 2.24) is 9.55 Å². The number of hydrogen-bond donors (Lipinski definition) is 0. The Hall–Kier alpha value is -2.53. The third kappa shape index (κ3) is 2.51. The summed E-state index contributed by atoms with van der Waals surface area (Å²) in [4.78, 5) is 22.1. The van der Waals surface area contributed by atoms with Gasteiger partial charge in [0.25, 0.3) is 0 Å². The fraction of sp³-hybridized carbons (Fsp3) is 0.316. The summed E-state index contributed by atoms with van der Waals surface area (Å²) in [6.07, 6.45) is 8.50. The van der Waals surface area contributed by atoms with E-state index in [1.54, 1.807) is 29.6 Å². The van der Waals surface area contributed by atoms with E-state index in [1.165, 1.54) is 0 Å². The molecule has 5 nitrogen and oxygen atoms in total. The predicted molar refractivity (Wildman–Crippen MR) is 95.2 cm³/mol. The van der Waals surface area contributed by atoms with Crippen LogP contribution in [0.3, 0.4) is 0 Å². The smallest absolute Gasteiger partial charge is 0.245 e. The topological polar surface area (TPSA) is 47.2 Å². The van der Waals surface area contributed by atoms with Gasteiger partial charge in [-0.3, -0.25) is 0 Å². The number of imidazole rings is 1. The van der Waals surface area contributed by atoms with Gasteiger partial charge in [0.15, 0.2) is 5.70 Å². The molecule has 1 amide bonds. The zero-order chi connectivity index (χ0) is 17.2. The molecule has 1 atom stereocenters. The Labute approximate surface area is 142 Å². The van der Waals surface area contributed by atoms with Crippen molar-refractivity contribution in [3.8, 4) is 0 Å². The molecule has 1 aliphatic heterocycles. The lowest BCUT2D eigenvalue weighted by Gasteiger charge is -2.33. The van der Waals surface area contributed by atoms with Crippen molar-refractivity contribution in [2.75, 3.05) is 0 Å². The molecule has 3 rings (SSSR count). The number of aromatic nitrogens is 2. The normalized spacial score (nSPS) is 20.2. The first-order valence-corrected chi connectivity index (χ1v) is 8.37. The van der Waals surface area contributed by atoms with Gasteiger partial charge in [-0.2, -0.15) is 4.48 Å². The molecule has 2 heterocycles. The van der Waals surface area contributed by atoms with E-state index in [2.05, 4.69) is 42.9 Å². The highest BCUT2D eigenvalue weighted by Crippen LogP contribution is 2.39. The van der Waals surface area contributed by atoms with Gasteiger partial charge in [-0.1, -0.05) is 31.5 Å². The molecule has 5 heteroatoms. The highest BCUT2D eigenvalue weighted by atomic mass is 16.2. The maximum atomic E-state index is 13.4. The average Bonchev–Trinajstić information content (AvgIpc) is 3.24. The molecule has 0 saturated carbocycles. The number of allylic oxidation sites excluding steroid dienone is 1. The molecule has 124 valence electrons. The van der Waals surface area contributed by atoms with Crippen molar-refractivity contribution in [1.29, 1.82) is 0 Å². The highest BCUT2D eigenvalue weighted by molar-refractivity contribution is 5.90. The lowest BCUT2D eigenvalue weighted by atomic mass is 10.0. The van der Waals surface area contributed by atoms with E-state index in [4.69, 9.17) is 0 Å². The number of rotatable bonds is 4. The standard InChI is InChI=1S/C19H23N4O/c1-4-8-17-18(16-9-6-5-7-10-16)23(14-21-17,15(2)3)19(24)22-12-11-20-13-22/h5-7,9-15H,4,8H2,1-3H3/q+1. The van der Waals surface area contributed by atoms with E-state index in [0.717, 1.165) is 29.8 Å². The second kappa shape index (κ2) is 6.53. The number of aliphatic imine (C=N–C) groups is 1. The van der Waals surface area contributed by atoms with Crippen LogP contribution in [0.2, 0.25) is 0 Å². The Balaban J connectivity index is 2.21.